The quantitative estimate of drug-likeness (QED) is 0.508. The molecule has 18 heavy (non-hydrogen) atoms. The molecule has 1 atom stereocenters. The average Bonchev–Trinajstić information content (AvgIpc) is 2.38. The molecule has 98 valence electrons. The van der Waals surface area contributed by atoms with E-state index in [1.807, 2.05) is 0 Å². The lowest BCUT2D eigenvalue weighted by molar-refractivity contribution is -0.385. The van der Waals surface area contributed by atoms with Gasteiger partial charge in [0.15, 0.2) is 0 Å². The number of rotatable bonds is 4. The lowest BCUT2D eigenvalue weighted by Gasteiger charge is -2.23. The summed E-state index contributed by atoms with van der Waals surface area (Å²) in [5.74, 6) is 0.716. The number of non-ortho nitro benzene ring substituents is 1. The highest BCUT2D eigenvalue weighted by Gasteiger charge is 2.15. The number of nitro benzene ring substituents is 1. The summed E-state index contributed by atoms with van der Waals surface area (Å²) in [6.45, 7) is 1.67. The Kier molecular flexibility index (Phi) is 4.76. The van der Waals surface area contributed by atoms with E-state index in [4.69, 9.17) is 4.74 Å². The summed E-state index contributed by atoms with van der Waals surface area (Å²) in [6, 6.07) is 5.07. The first-order valence-corrected chi connectivity index (χ1v) is 7.05. The van der Waals surface area contributed by atoms with E-state index in [1.165, 1.54) is 25.0 Å². The van der Waals surface area contributed by atoms with Gasteiger partial charge in [-0.25, -0.2) is 0 Å². The molecule has 1 fully saturated rings. The Balaban J connectivity index is 1.94. The Labute approximate surface area is 119 Å². The van der Waals surface area contributed by atoms with Gasteiger partial charge in [-0.05, 0) is 48.0 Å². The summed E-state index contributed by atoms with van der Waals surface area (Å²) in [4.78, 5) is 10.2. The fraction of sp³-hybridized carbons (Fsp3) is 0.500. The van der Waals surface area contributed by atoms with E-state index in [0.29, 0.717) is 18.4 Å². The molecule has 1 aliphatic heterocycles. The van der Waals surface area contributed by atoms with Crippen molar-refractivity contribution in [3.05, 3.63) is 31.9 Å². The predicted molar refractivity (Wildman–Crippen MR) is 77.0 cm³/mol. The number of nitro groups is 1. The molecular formula is C12H15IN2O3. The lowest BCUT2D eigenvalue weighted by Crippen LogP contribution is -2.38. The third kappa shape index (κ3) is 3.55. The van der Waals surface area contributed by atoms with Gasteiger partial charge >= 0.3 is 0 Å². The third-order valence-electron chi connectivity index (χ3n) is 2.98. The van der Waals surface area contributed by atoms with Gasteiger partial charge in [-0.2, -0.15) is 0 Å². The summed E-state index contributed by atoms with van der Waals surface area (Å²) in [5, 5.41) is 14.0. The second-order valence-electron chi connectivity index (χ2n) is 4.33. The van der Waals surface area contributed by atoms with E-state index < -0.39 is 4.92 Å². The number of hydrogen-bond acceptors (Lipinski definition) is 4. The highest BCUT2D eigenvalue weighted by atomic mass is 127. The molecule has 1 unspecified atom stereocenters. The summed E-state index contributed by atoms with van der Waals surface area (Å²) in [7, 11) is 0. The van der Waals surface area contributed by atoms with Gasteiger partial charge < -0.3 is 10.1 Å². The first-order chi connectivity index (χ1) is 8.66. The Bertz CT molecular complexity index is 433. The van der Waals surface area contributed by atoms with E-state index in [-0.39, 0.29) is 5.69 Å². The fourth-order valence-corrected chi connectivity index (χ4v) is 2.63. The van der Waals surface area contributed by atoms with Crippen LogP contribution in [0, 0.1) is 13.7 Å². The van der Waals surface area contributed by atoms with Crippen molar-refractivity contribution in [3.63, 3.8) is 0 Å². The normalized spacial score (nSPS) is 19.5. The maximum Gasteiger partial charge on any atom is 0.270 e. The van der Waals surface area contributed by atoms with Gasteiger partial charge in [0.25, 0.3) is 5.69 Å². The van der Waals surface area contributed by atoms with Crippen LogP contribution in [-0.4, -0.2) is 24.1 Å². The van der Waals surface area contributed by atoms with Gasteiger partial charge in [-0.15, -0.1) is 0 Å². The smallest absolute Gasteiger partial charge is 0.270 e. The largest absolute Gasteiger partial charge is 0.491 e. The number of nitrogens with zero attached hydrogens (tertiary/aromatic N) is 1. The van der Waals surface area contributed by atoms with Gasteiger partial charge in [0.2, 0.25) is 0 Å². The number of piperidine rings is 1. The Morgan fingerprint density at radius 2 is 2.33 bits per heavy atom. The van der Waals surface area contributed by atoms with Crippen molar-refractivity contribution < 1.29 is 9.66 Å². The van der Waals surface area contributed by atoms with Crippen LogP contribution < -0.4 is 10.1 Å². The van der Waals surface area contributed by atoms with E-state index in [2.05, 4.69) is 27.9 Å². The number of ether oxygens (including phenoxy) is 1. The van der Waals surface area contributed by atoms with Gasteiger partial charge in [0.1, 0.15) is 12.4 Å². The lowest BCUT2D eigenvalue weighted by atomic mass is 10.1. The summed E-state index contributed by atoms with van der Waals surface area (Å²) in [6.07, 6.45) is 3.59. The second-order valence-corrected chi connectivity index (χ2v) is 5.49. The number of nitrogens with one attached hydrogen (secondary N) is 1. The summed E-state index contributed by atoms with van der Waals surface area (Å²) in [5.41, 5.74) is 0.0996. The van der Waals surface area contributed by atoms with Gasteiger partial charge in [0, 0.05) is 18.2 Å². The molecule has 1 aliphatic rings. The Morgan fingerprint density at radius 3 is 2.94 bits per heavy atom. The van der Waals surface area contributed by atoms with E-state index in [0.717, 1.165) is 16.5 Å². The maximum absolute atomic E-state index is 10.6. The van der Waals surface area contributed by atoms with Crippen molar-refractivity contribution in [1.29, 1.82) is 0 Å². The minimum absolute atomic E-state index is 0.0996. The van der Waals surface area contributed by atoms with Gasteiger partial charge in [-0.3, -0.25) is 10.1 Å². The van der Waals surface area contributed by atoms with Crippen LogP contribution in [0.15, 0.2) is 18.2 Å². The molecule has 0 amide bonds. The molecule has 1 aromatic rings. The fourth-order valence-electron chi connectivity index (χ4n) is 1.98. The molecule has 1 aromatic carbocycles. The third-order valence-corrected chi connectivity index (χ3v) is 3.82. The van der Waals surface area contributed by atoms with Gasteiger partial charge in [0.05, 0.1) is 8.49 Å². The zero-order valence-corrected chi connectivity index (χ0v) is 12.1. The van der Waals surface area contributed by atoms with E-state index in [1.54, 1.807) is 6.07 Å². The minimum Gasteiger partial charge on any atom is -0.491 e. The number of halogens is 1. The molecule has 0 spiro atoms. The zero-order valence-electron chi connectivity index (χ0n) is 9.89. The first kappa shape index (κ1) is 13.5. The molecule has 1 heterocycles. The molecule has 1 N–H and O–H groups in total. The highest BCUT2D eigenvalue weighted by Crippen LogP contribution is 2.26. The second kappa shape index (κ2) is 6.33. The maximum atomic E-state index is 10.6. The van der Waals surface area contributed by atoms with Crippen LogP contribution >= 0.6 is 22.6 Å². The minimum atomic E-state index is -0.394. The van der Waals surface area contributed by atoms with Crippen molar-refractivity contribution in [2.75, 3.05) is 13.2 Å². The topological polar surface area (TPSA) is 64.4 Å². The standard InChI is InChI=1S/C12H15IN2O3/c13-11-7-10(15(16)17)4-5-12(11)18-8-9-3-1-2-6-14-9/h4-5,7,9,14H,1-3,6,8H2. The van der Waals surface area contributed by atoms with Crippen molar-refractivity contribution in [1.82, 2.24) is 5.32 Å². The van der Waals surface area contributed by atoms with Crippen molar-refractivity contribution in [2.24, 2.45) is 0 Å². The molecule has 0 aliphatic carbocycles. The van der Waals surface area contributed by atoms with Crippen LogP contribution in [-0.2, 0) is 0 Å². The number of hydrogen-bond donors (Lipinski definition) is 1. The molecule has 0 radical (unpaired) electrons. The summed E-state index contributed by atoms with van der Waals surface area (Å²) < 4.78 is 6.49. The SMILES string of the molecule is O=[N+]([O-])c1ccc(OCC2CCCCN2)c(I)c1. The van der Waals surface area contributed by atoms with Gasteiger partial charge in [-0.1, -0.05) is 6.42 Å². The Hall–Kier alpha value is -0.890. The molecule has 6 heteroatoms. The van der Waals surface area contributed by atoms with Crippen molar-refractivity contribution in [3.8, 4) is 5.75 Å². The van der Waals surface area contributed by atoms with Crippen LogP contribution in [0.4, 0.5) is 5.69 Å². The molecule has 0 bridgehead atoms. The monoisotopic (exact) mass is 362 g/mol. The van der Waals surface area contributed by atoms with Crippen molar-refractivity contribution in [2.45, 2.75) is 25.3 Å². The first-order valence-electron chi connectivity index (χ1n) is 5.97. The highest BCUT2D eigenvalue weighted by molar-refractivity contribution is 14.1. The molecule has 1 saturated heterocycles. The van der Waals surface area contributed by atoms with Crippen LogP contribution in [0.25, 0.3) is 0 Å². The zero-order chi connectivity index (χ0) is 13.0. The van der Waals surface area contributed by atoms with Crippen LogP contribution in [0.3, 0.4) is 0 Å². The average molecular weight is 362 g/mol. The molecule has 0 aromatic heterocycles. The molecule has 2 rings (SSSR count). The Morgan fingerprint density at radius 1 is 1.50 bits per heavy atom. The molecular weight excluding hydrogens is 347 g/mol. The number of benzene rings is 1. The molecule has 0 saturated carbocycles. The van der Waals surface area contributed by atoms with Crippen LogP contribution in [0.2, 0.25) is 0 Å². The van der Waals surface area contributed by atoms with E-state index >= 15 is 0 Å². The molecule has 5 nitrogen and oxygen atoms in total. The van der Waals surface area contributed by atoms with E-state index in [9.17, 15) is 10.1 Å². The van der Waals surface area contributed by atoms with Crippen LogP contribution in [0.1, 0.15) is 19.3 Å². The summed E-state index contributed by atoms with van der Waals surface area (Å²) >= 11 is 2.06. The predicted octanol–water partition coefficient (Wildman–Crippen LogP) is 2.72. The van der Waals surface area contributed by atoms with Crippen molar-refractivity contribution >= 4 is 28.3 Å². The van der Waals surface area contributed by atoms with Crippen LogP contribution in [0.5, 0.6) is 5.75 Å².